The van der Waals surface area contributed by atoms with Crippen LogP contribution in [0.1, 0.15) is 63.4 Å². The number of benzene rings is 1. The smallest absolute Gasteiger partial charge is 0.410 e. The van der Waals surface area contributed by atoms with Gasteiger partial charge in [-0.3, -0.25) is 0 Å². The molecule has 1 heterocycles. The van der Waals surface area contributed by atoms with Gasteiger partial charge in [0.25, 0.3) is 0 Å². The Labute approximate surface area is 219 Å². The van der Waals surface area contributed by atoms with Crippen molar-refractivity contribution in [1.82, 2.24) is 10.2 Å². The molecule has 0 spiro atoms. The zero-order chi connectivity index (χ0) is 26.0. The van der Waals surface area contributed by atoms with Crippen molar-refractivity contribution in [3.63, 3.8) is 0 Å². The molecule has 1 aromatic rings. The summed E-state index contributed by atoms with van der Waals surface area (Å²) in [4.78, 5) is 14.8. The Morgan fingerprint density at radius 3 is 2.83 bits per heavy atom. The molecule has 0 radical (unpaired) electrons. The van der Waals surface area contributed by atoms with E-state index in [4.69, 9.17) is 25.8 Å². The van der Waals surface area contributed by atoms with Crippen LogP contribution in [0.25, 0.3) is 0 Å². The molecule has 0 bridgehead atoms. The summed E-state index contributed by atoms with van der Waals surface area (Å²) in [6.45, 7) is 1.80. The number of carbonyl (C=O) groups excluding carboxylic acids is 1. The lowest BCUT2D eigenvalue weighted by Gasteiger charge is -2.42. The summed E-state index contributed by atoms with van der Waals surface area (Å²) >= 11 is 6.05. The number of aliphatic hydroxyl groups is 1. The van der Waals surface area contributed by atoms with Crippen molar-refractivity contribution in [1.29, 1.82) is 0 Å². The number of hydrogen-bond acceptors (Lipinski definition) is 6. The van der Waals surface area contributed by atoms with Gasteiger partial charge in [-0.1, -0.05) is 55.8 Å². The van der Waals surface area contributed by atoms with Crippen molar-refractivity contribution < 1.29 is 28.5 Å². The van der Waals surface area contributed by atoms with Gasteiger partial charge in [-0.05, 0) is 44.7 Å². The van der Waals surface area contributed by atoms with Crippen LogP contribution in [-0.2, 0) is 19.8 Å². The number of halogens is 2. The molecular formula is C27H42ClFN2O5. The Balaban J connectivity index is 1.72. The van der Waals surface area contributed by atoms with Crippen LogP contribution in [0.3, 0.4) is 0 Å². The highest BCUT2D eigenvalue weighted by Gasteiger charge is 2.44. The van der Waals surface area contributed by atoms with Gasteiger partial charge in [0.1, 0.15) is 23.6 Å². The maximum absolute atomic E-state index is 15.1. The summed E-state index contributed by atoms with van der Waals surface area (Å²) in [5.41, 5.74) is -1.58. The fourth-order valence-electron chi connectivity index (χ4n) is 5.46. The second kappa shape index (κ2) is 14.5. The van der Waals surface area contributed by atoms with Gasteiger partial charge in [0.05, 0.1) is 18.2 Å². The monoisotopic (exact) mass is 528 g/mol. The summed E-state index contributed by atoms with van der Waals surface area (Å²) in [5.74, 6) is -0.0939. The van der Waals surface area contributed by atoms with Crippen LogP contribution < -0.4 is 5.32 Å². The quantitative estimate of drug-likeness (QED) is 0.376. The van der Waals surface area contributed by atoms with Crippen molar-refractivity contribution in [2.75, 3.05) is 47.0 Å². The van der Waals surface area contributed by atoms with Crippen LogP contribution in [0.5, 0.6) is 0 Å². The van der Waals surface area contributed by atoms with Crippen LogP contribution in [0, 0.1) is 11.7 Å². The second-order valence-corrected chi connectivity index (χ2v) is 10.5. The molecule has 9 heteroatoms. The fraction of sp³-hybridized carbons (Fsp3) is 0.741. The summed E-state index contributed by atoms with van der Waals surface area (Å²) in [7, 11) is 3.47. The van der Waals surface area contributed by atoms with Gasteiger partial charge >= 0.3 is 6.09 Å². The van der Waals surface area contributed by atoms with E-state index >= 15 is 4.39 Å². The van der Waals surface area contributed by atoms with E-state index in [0.717, 1.165) is 6.42 Å². The van der Waals surface area contributed by atoms with E-state index in [2.05, 4.69) is 5.32 Å². The first-order valence-corrected chi connectivity index (χ1v) is 13.6. The molecule has 1 unspecified atom stereocenters. The Morgan fingerprint density at radius 1 is 1.33 bits per heavy atom. The van der Waals surface area contributed by atoms with Crippen LogP contribution in [0.15, 0.2) is 18.2 Å². The predicted molar refractivity (Wildman–Crippen MR) is 138 cm³/mol. The Hall–Kier alpha value is -1.45. The zero-order valence-electron chi connectivity index (χ0n) is 21.6. The molecule has 3 atom stereocenters. The molecule has 1 aliphatic heterocycles. The van der Waals surface area contributed by atoms with E-state index in [1.54, 1.807) is 18.1 Å². The number of nitrogens with one attached hydrogen (secondary N) is 1. The van der Waals surface area contributed by atoms with Crippen LogP contribution in [-0.4, -0.2) is 75.3 Å². The minimum atomic E-state index is -1.66. The Bertz CT molecular complexity index is 825. The van der Waals surface area contributed by atoms with Gasteiger partial charge < -0.3 is 29.5 Å². The van der Waals surface area contributed by atoms with E-state index in [0.29, 0.717) is 38.5 Å². The normalized spacial score (nSPS) is 21.7. The Kier molecular flexibility index (Phi) is 11.7. The summed E-state index contributed by atoms with van der Waals surface area (Å²) in [6.07, 6.45) is 7.02. The van der Waals surface area contributed by atoms with Crippen molar-refractivity contribution in [3.05, 3.63) is 34.6 Å². The summed E-state index contributed by atoms with van der Waals surface area (Å²) in [5, 5.41) is 14.9. The van der Waals surface area contributed by atoms with Crippen molar-refractivity contribution in [3.8, 4) is 0 Å². The lowest BCUT2D eigenvalue weighted by molar-refractivity contribution is -0.151. The van der Waals surface area contributed by atoms with Gasteiger partial charge in [0.2, 0.25) is 0 Å². The van der Waals surface area contributed by atoms with E-state index < -0.39 is 23.6 Å². The standard InChI is InChI=1S/C27H42ClFN2O5/c1-30-18-21(17-20-9-4-3-5-10-20)36-26(32)31-14-16-35-24(19-31)27(33,13-6-7-15-34-2)22-11-8-12-23(28)25(22)29/h8,11-12,20-21,24,30,33H,3-7,9-10,13-19H2,1-2H3/t21-,24?,27-/m1/s1. The van der Waals surface area contributed by atoms with E-state index in [1.807, 2.05) is 7.05 Å². The van der Waals surface area contributed by atoms with E-state index in [-0.39, 0.29) is 36.3 Å². The van der Waals surface area contributed by atoms with Crippen LogP contribution >= 0.6 is 11.6 Å². The molecule has 2 fully saturated rings. The molecule has 2 aliphatic rings. The number of methoxy groups -OCH3 is 1. The van der Waals surface area contributed by atoms with Gasteiger partial charge in [0, 0.05) is 32.4 Å². The number of nitrogens with zero attached hydrogens (tertiary/aromatic N) is 1. The Morgan fingerprint density at radius 2 is 2.11 bits per heavy atom. The molecule has 3 rings (SSSR count). The minimum absolute atomic E-state index is 0.0625. The average molecular weight is 529 g/mol. The molecule has 0 aromatic heterocycles. The lowest BCUT2D eigenvalue weighted by atomic mass is 9.82. The van der Waals surface area contributed by atoms with Crippen LogP contribution in [0.2, 0.25) is 5.02 Å². The third kappa shape index (κ3) is 7.78. The van der Waals surface area contributed by atoms with Crippen molar-refractivity contribution in [2.45, 2.75) is 75.6 Å². The highest BCUT2D eigenvalue weighted by Crippen LogP contribution is 2.38. The first kappa shape index (κ1) is 29.1. The molecule has 1 saturated carbocycles. The molecule has 1 aromatic carbocycles. The number of carbonyl (C=O) groups is 1. The predicted octanol–water partition coefficient (Wildman–Crippen LogP) is 4.88. The number of likely N-dealkylation sites (N-methyl/N-ethyl adjacent to an activating group) is 1. The van der Waals surface area contributed by atoms with Gasteiger partial charge in [-0.2, -0.15) is 0 Å². The number of ether oxygens (including phenoxy) is 3. The summed E-state index contributed by atoms with van der Waals surface area (Å²) in [6, 6.07) is 4.60. The molecule has 204 valence electrons. The molecule has 1 aliphatic carbocycles. The third-order valence-corrected chi connectivity index (χ3v) is 7.74. The first-order chi connectivity index (χ1) is 17.4. The molecule has 2 N–H and O–H groups in total. The number of amides is 1. The number of rotatable bonds is 12. The van der Waals surface area contributed by atoms with Gasteiger partial charge in [-0.25, -0.2) is 9.18 Å². The molecular weight excluding hydrogens is 487 g/mol. The first-order valence-electron chi connectivity index (χ1n) is 13.3. The minimum Gasteiger partial charge on any atom is -0.445 e. The van der Waals surface area contributed by atoms with E-state index in [9.17, 15) is 9.90 Å². The molecule has 1 saturated heterocycles. The lowest BCUT2D eigenvalue weighted by Crippen LogP contribution is -2.55. The third-order valence-electron chi connectivity index (χ3n) is 7.45. The highest BCUT2D eigenvalue weighted by molar-refractivity contribution is 6.30. The summed E-state index contributed by atoms with van der Waals surface area (Å²) < 4.78 is 32.1. The average Bonchev–Trinajstić information content (AvgIpc) is 2.89. The fourth-order valence-corrected chi connectivity index (χ4v) is 5.64. The highest BCUT2D eigenvalue weighted by atomic mass is 35.5. The van der Waals surface area contributed by atoms with Gasteiger partial charge in [0.15, 0.2) is 0 Å². The zero-order valence-corrected chi connectivity index (χ0v) is 22.4. The van der Waals surface area contributed by atoms with E-state index in [1.165, 1.54) is 44.2 Å². The second-order valence-electron chi connectivity index (χ2n) is 10.1. The van der Waals surface area contributed by atoms with Crippen molar-refractivity contribution in [2.24, 2.45) is 5.92 Å². The molecule has 1 amide bonds. The molecule has 7 nitrogen and oxygen atoms in total. The number of hydrogen-bond donors (Lipinski definition) is 2. The number of morpholine rings is 1. The van der Waals surface area contributed by atoms with Gasteiger partial charge in [-0.15, -0.1) is 0 Å². The van der Waals surface area contributed by atoms with Crippen LogP contribution in [0.4, 0.5) is 9.18 Å². The maximum Gasteiger partial charge on any atom is 0.410 e. The number of unbranched alkanes of at least 4 members (excludes halogenated alkanes) is 1. The largest absolute Gasteiger partial charge is 0.445 e. The topological polar surface area (TPSA) is 80.3 Å². The maximum atomic E-state index is 15.1. The SMILES string of the molecule is CNC[C@@H](CC1CCCCC1)OC(=O)N1CCOC([C@@](O)(CCCCOC)c2cccc(Cl)c2F)C1. The molecule has 36 heavy (non-hydrogen) atoms. The van der Waals surface area contributed by atoms with Crippen molar-refractivity contribution >= 4 is 17.7 Å².